The second kappa shape index (κ2) is 9.88. The van der Waals surface area contributed by atoms with E-state index in [0.717, 1.165) is 12.0 Å². The zero-order chi connectivity index (χ0) is 28.2. The normalized spacial score (nSPS) is 38.7. The summed E-state index contributed by atoms with van der Waals surface area (Å²) in [5, 5.41) is 23.5. The number of aliphatic hydroxyl groups excluding tert-OH is 1. The molecule has 5 rings (SSSR count). The van der Waals surface area contributed by atoms with Crippen LogP contribution in [0.4, 0.5) is 4.39 Å². The first kappa shape index (κ1) is 27.6. The fourth-order valence-electron chi connectivity index (χ4n) is 8.41. The number of hydrogen-bond donors (Lipinski definition) is 3. The number of allylic oxidation sites excluding steroid dienone is 4. The molecule has 0 aliphatic heterocycles. The third-order valence-corrected chi connectivity index (χ3v) is 10.3. The highest BCUT2D eigenvalue weighted by atomic mass is 19.1. The van der Waals surface area contributed by atoms with Gasteiger partial charge in [0.15, 0.2) is 11.5 Å². The second-order valence-electron chi connectivity index (χ2n) is 12.4. The Balaban J connectivity index is 1.23. The van der Waals surface area contributed by atoms with Crippen LogP contribution in [-0.2, 0) is 9.59 Å². The molecule has 0 saturated heterocycles. The number of halogens is 1. The molecular formula is C31H38FNO6. The predicted octanol–water partition coefficient (Wildman–Crippen LogP) is 4.50. The molecule has 8 heteroatoms. The minimum atomic E-state index is -1.89. The lowest BCUT2D eigenvalue weighted by molar-refractivity contribution is -0.195. The third kappa shape index (κ3) is 4.31. The van der Waals surface area contributed by atoms with Crippen molar-refractivity contribution in [3.63, 3.8) is 0 Å². The molecule has 4 aliphatic carbocycles. The number of benzene rings is 1. The molecule has 7 nitrogen and oxygen atoms in total. The molecule has 39 heavy (non-hydrogen) atoms. The van der Waals surface area contributed by atoms with Crippen molar-refractivity contribution in [2.24, 2.45) is 34.5 Å². The van der Waals surface area contributed by atoms with Crippen molar-refractivity contribution in [1.29, 1.82) is 0 Å². The van der Waals surface area contributed by atoms with Crippen LogP contribution in [0.3, 0.4) is 0 Å². The molecule has 8 atom stereocenters. The van der Waals surface area contributed by atoms with Crippen LogP contribution in [0, 0.1) is 34.5 Å². The monoisotopic (exact) mass is 539 g/mol. The van der Waals surface area contributed by atoms with Gasteiger partial charge in [-0.3, -0.25) is 9.59 Å². The number of hydrogen-bond acceptors (Lipinski definition) is 5. The van der Waals surface area contributed by atoms with Crippen LogP contribution >= 0.6 is 0 Å². The standard InChI is InChI=1S/C31H38FNO6/c1-18-15-24-23-10-7-20-16-21(34)11-12-30(20,3)31(23,32)25(35)17-29(24,2)26(18)27(36)33-13-4-14-39-22-8-5-19(6-9-22)28(37)38/h5-6,8-9,11-12,16,18,23-26,35H,4,7,10,13-15,17H2,1-3H3,(H,33,36)(H,37,38)/t18-,23+,24?,25+,26-,29+,30+,31+/m1/s1. The first-order valence-electron chi connectivity index (χ1n) is 14.0. The van der Waals surface area contributed by atoms with Crippen LogP contribution < -0.4 is 10.1 Å². The molecule has 0 bridgehead atoms. The van der Waals surface area contributed by atoms with E-state index in [1.165, 1.54) is 18.2 Å². The van der Waals surface area contributed by atoms with Crippen molar-refractivity contribution in [3.05, 3.63) is 53.6 Å². The molecule has 1 aromatic rings. The first-order chi connectivity index (χ1) is 18.4. The van der Waals surface area contributed by atoms with E-state index in [-0.39, 0.29) is 41.4 Å². The highest BCUT2D eigenvalue weighted by molar-refractivity contribution is 6.01. The number of rotatable bonds is 7. The smallest absolute Gasteiger partial charge is 0.335 e. The molecule has 0 spiro atoms. The minimum Gasteiger partial charge on any atom is -0.494 e. The van der Waals surface area contributed by atoms with E-state index < -0.39 is 34.5 Å². The van der Waals surface area contributed by atoms with Gasteiger partial charge >= 0.3 is 5.97 Å². The van der Waals surface area contributed by atoms with Crippen molar-refractivity contribution in [2.45, 2.75) is 64.6 Å². The third-order valence-electron chi connectivity index (χ3n) is 10.3. The van der Waals surface area contributed by atoms with E-state index in [0.29, 0.717) is 38.2 Å². The van der Waals surface area contributed by atoms with Crippen molar-refractivity contribution in [3.8, 4) is 5.75 Å². The van der Waals surface area contributed by atoms with Crippen LogP contribution in [0.1, 0.15) is 63.2 Å². The maximum atomic E-state index is 17.2. The van der Waals surface area contributed by atoms with Crippen LogP contribution in [0.5, 0.6) is 5.75 Å². The molecule has 0 heterocycles. The lowest BCUT2D eigenvalue weighted by atomic mass is 9.45. The van der Waals surface area contributed by atoms with E-state index >= 15 is 4.39 Å². The van der Waals surface area contributed by atoms with Gasteiger partial charge in [-0.25, -0.2) is 9.18 Å². The Morgan fingerprint density at radius 2 is 1.90 bits per heavy atom. The van der Waals surface area contributed by atoms with Gasteiger partial charge in [-0.15, -0.1) is 0 Å². The Labute approximate surface area is 228 Å². The topological polar surface area (TPSA) is 113 Å². The number of carbonyl (C=O) groups excluding carboxylic acids is 2. The Bertz CT molecular complexity index is 1230. The van der Waals surface area contributed by atoms with Gasteiger partial charge in [-0.1, -0.05) is 25.5 Å². The van der Waals surface area contributed by atoms with Gasteiger partial charge in [0.2, 0.25) is 5.91 Å². The molecular weight excluding hydrogens is 501 g/mol. The number of ether oxygens (including phenoxy) is 1. The van der Waals surface area contributed by atoms with Gasteiger partial charge < -0.3 is 20.3 Å². The maximum absolute atomic E-state index is 17.2. The van der Waals surface area contributed by atoms with Gasteiger partial charge in [-0.2, -0.15) is 0 Å². The van der Waals surface area contributed by atoms with E-state index in [1.807, 2.05) is 13.8 Å². The molecule has 3 N–H and O–H groups in total. The van der Waals surface area contributed by atoms with E-state index in [2.05, 4.69) is 12.2 Å². The zero-order valence-corrected chi connectivity index (χ0v) is 22.8. The summed E-state index contributed by atoms with van der Waals surface area (Å²) in [6.07, 6.45) is 6.07. The molecule has 3 fully saturated rings. The number of carboxylic acid groups (broad SMARTS) is 1. The van der Waals surface area contributed by atoms with Gasteiger partial charge in [0.05, 0.1) is 18.3 Å². The summed E-state index contributed by atoms with van der Waals surface area (Å²) >= 11 is 0. The predicted molar refractivity (Wildman–Crippen MR) is 143 cm³/mol. The number of amides is 1. The Kier molecular flexibility index (Phi) is 6.98. The molecule has 4 aliphatic rings. The SMILES string of the molecule is C[C@@H]1CC2[C@@H]3CCC4=CC(=O)C=C[C@]4(C)[C@@]3(F)[C@@H](O)C[C@]2(C)[C@H]1C(=O)NCCCOc1ccc(C(=O)O)cc1. The number of ketones is 1. The number of nitrogens with one attached hydrogen (secondary N) is 1. The molecule has 0 aromatic heterocycles. The number of aliphatic hydroxyl groups is 1. The average Bonchev–Trinajstić information content (AvgIpc) is 3.14. The molecule has 210 valence electrons. The Hall–Kier alpha value is -3.00. The summed E-state index contributed by atoms with van der Waals surface area (Å²) in [5.74, 6) is -1.36. The lowest BCUT2D eigenvalue weighted by Crippen LogP contribution is -2.67. The van der Waals surface area contributed by atoms with Crippen molar-refractivity contribution < 1.29 is 33.7 Å². The van der Waals surface area contributed by atoms with Gasteiger partial charge in [0.25, 0.3) is 0 Å². The quantitative estimate of drug-likeness (QED) is 0.440. The van der Waals surface area contributed by atoms with Crippen molar-refractivity contribution >= 4 is 17.7 Å². The molecule has 3 saturated carbocycles. The minimum absolute atomic E-state index is 0.0434. The van der Waals surface area contributed by atoms with E-state index in [1.54, 1.807) is 24.3 Å². The molecule has 1 amide bonds. The summed E-state index contributed by atoms with van der Waals surface area (Å²) in [7, 11) is 0. The van der Waals surface area contributed by atoms with Crippen molar-refractivity contribution in [2.75, 3.05) is 13.2 Å². The van der Waals surface area contributed by atoms with Gasteiger partial charge in [0, 0.05) is 23.8 Å². The fourth-order valence-corrected chi connectivity index (χ4v) is 8.41. The largest absolute Gasteiger partial charge is 0.494 e. The van der Waals surface area contributed by atoms with Crippen LogP contribution in [0.2, 0.25) is 0 Å². The zero-order valence-electron chi connectivity index (χ0n) is 22.8. The molecule has 0 radical (unpaired) electrons. The summed E-state index contributed by atoms with van der Waals surface area (Å²) in [6, 6.07) is 6.18. The van der Waals surface area contributed by atoms with Crippen LogP contribution in [0.25, 0.3) is 0 Å². The summed E-state index contributed by atoms with van der Waals surface area (Å²) < 4.78 is 22.9. The maximum Gasteiger partial charge on any atom is 0.335 e. The second-order valence-corrected chi connectivity index (χ2v) is 12.4. The summed E-state index contributed by atoms with van der Waals surface area (Å²) in [6.45, 7) is 6.69. The first-order valence-corrected chi connectivity index (χ1v) is 14.0. The van der Waals surface area contributed by atoms with Crippen LogP contribution in [-0.4, -0.2) is 52.8 Å². The molecule has 1 aromatic carbocycles. The van der Waals surface area contributed by atoms with Crippen molar-refractivity contribution in [1.82, 2.24) is 5.32 Å². The Morgan fingerprint density at radius 1 is 1.18 bits per heavy atom. The highest BCUT2D eigenvalue weighted by Gasteiger charge is 2.71. The average molecular weight is 540 g/mol. The molecule has 1 unspecified atom stereocenters. The number of aromatic carboxylic acids is 1. The Morgan fingerprint density at radius 3 is 2.59 bits per heavy atom. The summed E-state index contributed by atoms with van der Waals surface area (Å²) in [4.78, 5) is 36.5. The van der Waals surface area contributed by atoms with E-state index in [4.69, 9.17) is 9.84 Å². The fraction of sp³-hybridized carbons (Fsp3) is 0.581. The highest BCUT2D eigenvalue weighted by Crippen LogP contribution is 2.69. The van der Waals surface area contributed by atoms with E-state index in [9.17, 15) is 19.5 Å². The summed E-state index contributed by atoms with van der Waals surface area (Å²) in [5.41, 5.74) is -2.49. The number of fused-ring (bicyclic) bond motifs is 5. The number of carboxylic acids is 1. The number of alkyl halides is 1. The number of carbonyl (C=O) groups is 3. The van der Waals surface area contributed by atoms with Gasteiger partial charge in [0.1, 0.15) is 5.75 Å². The van der Waals surface area contributed by atoms with Crippen LogP contribution in [0.15, 0.2) is 48.1 Å². The van der Waals surface area contributed by atoms with Gasteiger partial charge in [-0.05, 0) is 92.7 Å². The lowest BCUT2D eigenvalue weighted by Gasteiger charge is -2.61.